The first-order chi connectivity index (χ1) is 15.7. The molecular formula is C24H33BrN2O5S. The van der Waals surface area contributed by atoms with Crippen molar-refractivity contribution in [2.24, 2.45) is 0 Å². The number of hydrogen-bond donors (Lipinski definition) is 1. The lowest BCUT2D eigenvalue weighted by molar-refractivity contribution is -0.145. The maximum atomic E-state index is 12.5. The van der Waals surface area contributed by atoms with E-state index >= 15 is 0 Å². The van der Waals surface area contributed by atoms with Crippen molar-refractivity contribution in [2.75, 3.05) is 13.2 Å². The Morgan fingerprint density at radius 2 is 1.91 bits per heavy atom. The standard InChI is InChI=1S/C24H33BrN2O5S/c1-5-31-21(28)19(27-23(29)32-24(2,3)4)15-18-20(33-22(25)26-18)13-9-10-14-30-16-17-11-7-6-8-12-17/h6-8,11-12,19H,5,9-10,13-16H2,1-4H3,(H,27,29)/t19-/m0/s1. The van der Waals surface area contributed by atoms with Crippen LogP contribution in [0.4, 0.5) is 4.79 Å². The van der Waals surface area contributed by atoms with Crippen LogP contribution >= 0.6 is 27.3 Å². The molecule has 0 spiro atoms. The van der Waals surface area contributed by atoms with Gasteiger partial charge in [0.25, 0.3) is 0 Å². The highest BCUT2D eigenvalue weighted by Crippen LogP contribution is 2.26. The Labute approximate surface area is 208 Å². The van der Waals surface area contributed by atoms with Crippen LogP contribution in [-0.4, -0.2) is 41.9 Å². The maximum Gasteiger partial charge on any atom is 0.408 e. The quantitative estimate of drug-likeness (QED) is 0.284. The number of halogens is 1. The molecule has 9 heteroatoms. The van der Waals surface area contributed by atoms with Gasteiger partial charge in [0.15, 0.2) is 3.92 Å². The van der Waals surface area contributed by atoms with Crippen LogP contribution in [0.2, 0.25) is 0 Å². The number of carbonyl (C=O) groups is 2. The van der Waals surface area contributed by atoms with Gasteiger partial charge in [0.05, 0.1) is 18.9 Å². The highest BCUT2D eigenvalue weighted by molar-refractivity contribution is 9.11. The number of amides is 1. The Morgan fingerprint density at radius 3 is 2.58 bits per heavy atom. The fraction of sp³-hybridized carbons (Fsp3) is 0.542. The van der Waals surface area contributed by atoms with Crippen LogP contribution in [0.25, 0.3) is 0 Å². The average molecular weight is 542 g/mol. The van der Waals surface area contributed by atoms with E-state index in [9.17, 15) is 9.59 Å². The summed E-state index contributed by atoms with van der Waals surface area (Å²) in [5.41, 5.74) is 1.26. The molecule has 2 aromatic rings. The monoisotopic (exact) mass is 540 g/mol. The number of carbonyl (C=O) groups excluding carboxylic acids is 2. The first kappa shape index (κ1) is 27.3. The molecule has 7 nitrogen and oxygen atoms in total. The SMILES string of the molecule is CCOC(=O)[C@H](Cc1nc(Br)sc1CCCCOCc1ccccc1)NC(=O)OC(C)(C)C. The summed E-state index contributed by atoms with van der Waals surface area (Å²) < 4.78 is 17.0. The third kappa shape index (κ3) is 10.7. The second-order valence-corrected chi connectivity index (χ2v) is 10.8. The lowest BCUT2D eigenvalue weighted by Crippen LogP contribution is -2.45. The van der Waals surface area contributed by atoms with Gasteiger partial charge in [-0.25, -0.2) is 14.6 Å². The first-order valence-electron chi connectivity index (χ1n) is 11.1. The van der Waals surface area contributed by atoms with Gasteiger partial charge in [-0.15, -0.1) is 11.3 Å². The number of unbranched alkanes of at least 4 members (excludes halogenated alkanes) is 1. The highest BCUT2D eigenvalue weighted by atomic mass is 79.9. The molecule has 1 atom stereocenters. The van der Waals surface area contributed by atoms with Crippen molar-refractivity contribution >= 4 is 39.3 Å². The van der Waals surface area contributed by atoms with Crippen LogP contribution in [0, 0.1) is 0 Å². The molecule has 0 saturated heterocycles. The van der Waals surface area contributed by atoms with Crippen LogP contribution in [0.3, 0.4) is 0 Å². The Morgan fingerprint density at radius 1 is 1.18 bits per heavy atom. The van der Waals surface area contributed by atoms with Crippen molar-refractivity contribution in [1.29, 1.82) is 0 Å². The number of esters is 1. The number of hydrogen-bond acceptors (Lipinski definition) is 7. The van der Waals surface area contributed by atoms with E-state index in [-0.39, 0.29) is 13.0 Å². The number of thiazole rings is 1. The predicted molar refractivity (Wildman–Crippen MR) is 132 cm³/mol. The third-order valence-electron chi connectivity index (χ3n) is 4.47. The summed E-state index contributed by atoms with van der Waals surface area (Å²) in [6.45, 7) is 8.54. The van der Waals surface area contributed by atoms with Gasteiger partial charge in [0.2, 0.25) is 0 Å². The van der Waals surface area contributed by atoms with Crippen molar-refractivity contribution in [3.8, 4) is 0 Å². The largest absolute Gasteiger partial charge is 0.464 e. The smallest absolute Gasteiger partial charge is 0.408 e. The van der Waals surface area contributed by atoms with Crippen molar-refractivity contribution in [2.45, 2.75) is 71.6 Å². The van der Waals surface area contributed by atoms with Crippen molar-refractivity contribution in [3.63, 3.8) is 0 Å². The topological polar surface area (TPSA) is 86.8 Å². The van der Waals surface area contributed by atoms with Gasteiger partial charge in [0, 0.05) is 17.9 Å². The van der Waals surface area contributed by atoms with Gasteiger partial charge in [-0.1, -0.05) is 30.3 Å². The summed E-state index contributed by atoms with van der Waals surface area (Å²) in [7, 11) is 0. The molecule has 1 heterocycles. The molecular weight excluding hydrogens is 508 g/mol. The molecule has 182 valence electrons. The van der Waals surface area contributed by atoms with Crippen LogP contribution in [0.15, 0.2) is 34.2 Å². The molecule has 0 fully saturated rings. The van der Waals surface area contributed by atoms with Crippen molar-refractivity contribution < 1.29 is 23.8 Å². The number of rotatable bonds is 12. The molecule has 1 aromatic carbocycles. The molecule has 0 radical (unpaired) electrons. The summed E-state index contributed by atoms with van der Waals surface area (Å²) in [6, 6.07) is 9.22. The second kappa shape index (κ2) is 13.7. The van der Waals surface area contributed by atoms with E-state index in [1.165, 1.54) is 11.3 Å². The lowest BCUT2D eigenvalue weighted by atomic mass is 10.1. The summed E-state index contributed by atoms with van der Waals surface area (Å²) in [5.74, 6) is -0.507. The number of aromatic nitrogens is 1. The van der Waals surface area contributed by atoms with E-state index in [0.717, 1.165) is 39.3 Å². The molecule has 1 N–H and O–H groups in total. The molecule has 2 rings (SSSR count). The number of nitrogens with zero attached hydrogens (tertiary/aromatic N) is 1. The van der Waals surface area contributed by atoms with E-state index in [2.05, 4.69) is 26.2 Å². The van der Waals surface area contributed by atoms with Gasteiger partial charge in [-0.3, -0.25) is 0 Å². The molecule has 0 aliphatic carbocycles. The zero-order valence-corrected chi connectivity index (χ0v) is 22.1. The molecule has 1 amide bonds. The van der Waals surface area contributed by atoms with Crippen molar-refractivity contribution in [1.82, 2.24) is 10.3 Å². The lowest BCUT2D eigenvalue weighted by Gasteiger charge is -2.22. The molecule has 33 heavy (non-hydrogen) atoms. The molecule has 1 aromatic heterocycles. The molecule has 0 bridgehead atoms. The van der Waals surface area contributed by atoms with Gasteiger partial charge in [-0.2, -0.15) is 0 Å². The Balaban J connectivity index is 1.90. The fourth-order valence-corrected chi connectivity index (χ4v) is 4.69. The van der Waals surface area contributed by atoms with E-state index in [0.29, 0.717) is 13.2 Å². The van der Waals surface area contributed by atoms with Crippen LogP contribution < -0.4 is 5.32 Å². The zero-order chi connectivity index (χ0) is 24.3. The summed E-state index contributed by atoms with van der Waals surface area (Å²) in [5, 5.41) is 2.64. The van der Waals surface area contributed by atoms with Gasteiger partial charge in [0.1, 0.15) is 11.6 Å². The fourth-order valence-electron chi connectivity index (χ4n) is 3.04. The number of nitrogens with one attached hydrogen (secondary N) is 1. The maximum absolute atomic E-state index is 12.5. The third-order valence-corrected chi connectivity index (χ3v) is 6.07. The van der Waals surface area contributed by atoms with Gasteiger partial charge < -0.3 is 19.5 Å². The van der Waals surface area contributed by atoms with Crippen LogP contribution in [0.1, 0.15) is 56.7 Å². The Hall–Kier alpha value is -1.97. The normalized spacial score (nSPS) is 12.3. The number of ether oxygens (including phenoxy) is 3. The van der Waals surface area contributed by atoms with Gasteiger partial charge >= 0.3 is 12.1 Å². The minimum Gasteiger partial charge on any atom is -0.464 e. The van der Waals surface area contributed by atoms with Crippen LogP contribution in [0.5, 0.6) is 0 Å². The number of aryl methyl sites for hydroxylation is 1. The van der Waals surface area contributed by atoms with E-state index in [1.807, 2.05) is 30.3 Å². The number of alkyl carbamates (subject to hydrolysis) is 1. The average Bonchev–Trinajstić information content (AvgIpc) is 3.08. The molecule has 0 unspecified atom stereocenters. The number of benzene rings is 1. The van der Waals surface area contributed by atoms with E-state index in [4.69, 9.17) is 14.2 Å². The molecule has 0 aliphatic rings. The summed E-state index contributed by atoms with van der Waals surface area (Å²) in [6.07, 6.45) is 2.24. The van der Waals surface area contributed by atoms with Gasteiger partial charge in [-0.05, 0) is 68.5 Å². The molecule has 0 saturated carbocycles. The zero-order valence-electron chi connectivity index (χ0n) is 19.7. The van der Waals surface area contributed by atoms with E-state index < -0.39 is 23.7 Å². The van der Waals surface area contributed by atoms with Crippen LogP contribution in [-0.2, 0) is 38.5 Å². The molecule has 0 aliphatic heterocycles. The Bertz CT molecular complexity index is 883. The second-order valence-electron chi connectivity index (χ2n) is 8.49. The van der Waals surface area contributed by atoms with E-state index in [1.54, 1.807) is 27.7 Å². The summed E-state index contributed by atoms with van der Waals surface area (Å²) >= 11 is 4.99. The van der Waals surface area contributed by atoms with Crippen molar-refractivity contribution in [3.05, 3.63) is 50.4 Å². The minimum absolute atomic E-state index is 0.224. The first-order valence-corrected chi connectivity index (χ1v) is 12.7. The Kier molecular flexibility index (Phi) is 11.3. The highest BCUT2D eigenvalue weighted by Gasteiger charge is 2.27. The summed E-state index contributed by atoms with van der Waals surface area (Å²) in [4.78, 5) is 30.3. The minimum atomic E-state index is -0.873. The predicted octanol–water partition coefficient (Wildman–Crippen LogP) is 5.44.